The normalized spacial score (nSPS) is 18.8. The zero-order chi connectivity index (χ0) is 22.5. The molecule has 2 aromatic carbocycles. The van der Waals surface area contributed by atoms with E-state index in [0.29, 0.717) is 54.4 Å². The van der Waals surface area contributed by atoms with Crippen LogP contribution >= 0.6 is 0 Å². The molecule has 0 bridgehead atoms. The molecule has 0 aromatic heterocycles. The molecule has 2 aromatic rings. The highest BCUT2D eigenvalue weighted by atomic mass is 16.7. The standard InChI is InChI=1S/C24H25N3O5/c1-24(2)17-5-3-15(11-18(17)26-23(24)30)22(29)27-9-7-14(8-10-27)21(28)25-16-4-6-19-20(12-16)32-13-31-19/h3-6,11-12,14H,7-10,13H2,1-2H3,(H,25,28)(H,26,30). The molecule has 8 nitrogen and oxygen atoms in total. The molecule has 32 heavy (non-hydrogen) atoms. The minimum atomic E-state index is -0.597. The van der Waals surface area contributed by atoms with Crippen molar-refractivity contribution in [3.63, 3.8) is 0 Å². The average Bonchev–Trinajstić information content (AvgIpc) is 3.34. The average molecular weight is 435 g/mol. The van der Waals surface area contributed by atoms with Gasteiger partial charge in [0.05, 0.1) is 5.41 Å². The topological polar surface area (TPSA) is 97.0 Å². The number of piperidine rings is 1. The van der Waals surface area contributed by atoms with Gasteiger partial charge in [0.1, 0.15) is 0 Å². The maximum atomic E-state index is 13.0. The third-order valence-corrected chi connectivity index (χ3v) is 6.55. The summed E-state index contributed by atoms with van der Waals surface area (Å²) in [4.78, 5) is 39.6. The van der Waals surface area contributed by atoms with E-state index in [1.165, 1.54) is 0 Å². The summed E-state index contributed by atoms with van der Waals surface area (Å²) >= 11 is 0. The van der Waals surface area contributed by atoms with E-state index >= 15 is 0 Å². The van der Waals surface area contributed by atoms with Gasteiger partial charge in [-0.05, 0) is 56.5 Å². The first-order valence-corrected chi connectivity index (χ1v) is 10.8. The van der Waals surface area contributed by atoms with Gasteiger partial charge in [-0.15, -0.1) is 0 Å². The molecular formula is C24H25N3O5. The summed E-state index contributed by atoms with van der Waals surface area (Å²) < 4.78 is 10.6. The van der Waals surface area contributed by atoms with E-state index in [4.69, 9.17) is 9.47 Å². The van der Waals surface area contributed by atoms with E-state index in [1.54, 1.807) is 35.2 Å². The lowest BCUT2D eigenvalue weighted by atomic mass is 9.86. The molecule has 2 N–H and O–H groups in total. The molecule has 8 heteroatoms. The molecule has 166 valence electrons. The summed E-state index contributed by atoms with van der Waals surface area (Å²) in [5, 5.41) is 5.81. The van der Waals surface area contributed by atoms with Gasteiger partial charge in [-0.3, -0.25) is 14.4 Å². The predicted molar refractivity (Wildman–Crippen MR) is 118 cm³/mol. The number of fused-ring (bicyclic) bond motifs is 2. The van der Waals surface area contributed by atoms with Crippen LogP contribution in [0.2, 0.25) is 0 Å². The maximum absolute atomic E-state index is 13.0. The number of hydrogen-bond acceptors (Lipinski definition) is 5. The molecule has 3 aliphatic heterocycles. The quantitative estimate of drug-likeness (QED) is 0.772. The summed E-state index contributed by atoms with van der Waals surface area (Å²) in [6, 6.07) is 10.7. The van der Waals surface area contributed by atoms with Crippen LogP contribution in [0.15, 0.2) is 36.4 Å². The monoisotopic (exact) mass is 435 g/mol. The number of anilines is 2. The predicted octanol–water partition coefficient (Wildman–Crippen LogP) is 3.14. The Labute approximate surface area is 185 Å². The fourth-order valence-corrected chi connectivity index (χ4v) is 4.47. The van der Waals surface area contributed by atoms with E-state index in [-0.39, 0.29) is 30.4 Å². The van der Waals surface area contributed by atoms with Crippen LogP contribution in [0.25, 0.3) is 0 Å². The van der Waals surface area contributed by atoms with E-state index in [2.05, 4.69) is 10.6 Å². The second-order valence-corrected chi connectivity index (χ2v) is 8.96. The van der Waals surface area contributed by atoms with Crippen molar-refractivity contribution in [1.82, 2.24) is 4.90 Å². The van der Waals surface area contributed by atoms with Crippen molar-refractivity contribution in [3.8, 4) is 11.5 Å². The Balaban J connectivity index is 1.19. The summed E-state index contributed by atoms with van der Waals surface area (Å²) in [5.74, 6) is 0.928. The van der Waals surface area contributed by atoms with Crippen molar-refractivity contribution >= 4 is 29.1 Å². The zero-order valence-electron chi connectivity index (χ0n) is 18.1. The highest BCUT2D eigenvalue weighted by Crippen LogP contribution is 2.38. The van der Waals surface area contributed by atoms with Gasteiger partial charge in [0.25, 0.3) is 5.91 Å². The summed E-state index contributed by atoms with van der Waals surface area (Å²) in [6.07, 6.45) is 1.19. The molecule has 3 heterocycles. The fourth-order valence-electron chi connectivity index (χ4n) is 4.47. The zero-order valence-corrected chi connectivity index (χ0v) is 18.1. The Morgan fingerprint density at radius 3 is 2.59 bits per heavy atom. The number of benzene rings is 2. The van der Waals surface area contributed by atoms with Crippen molar-refractivity contribution in [2.24, 2.45) is 5.92 Å². The fraction of sp³-hybridized carbons (Fsp3) is 0.375. The first-order chi connectivity index (χ1) is 15.3. The third-order valence-electron chi connectivity index (χ3n) is 6.55. The SMILES string of the molecule is CC1(C)C(=O)Nc2cc(C(=O)N3CCC(C(=O)Nc4ccc5c(c4)OCO5)CC3)ccc21. The summed E-state index contributed by atoms with van der Waals surface area (Å²) in [6.45, 7) is 4.94. The summed E-state index contributed by atoms with van der Waals surface area (Å²) in [5.41, 5.74) is 2.22. The Kier molecular flexibility index (Phi) is 4.80. The van der Waals surface area contributed by atoms with Crippen LogP contribution < -0.4 is 20.1 Å². The second kappa shape index (κ2) is 7.55. The highest BCUT2D eigenvalue weighted by Gasteiger charge is 2.38. The number of ether oxygens (including phenoxy) is 2. The molecule has 3 amide bonds. The van der Waals surface area contributed by atoms with Crippen LogP contribution in [-0.2, 0) is 15.0 Å². The van der Waals surface area contributed by atoms with E-state index < -0.39 is 5.41 Å². The molecule has 0 spiro atoms. The minimum Gasteiger partial charge on any atom is -0.454 e. The van der Waals surface area contributed by atoms with Crippen LogP contribution in [-0.4, -0.2) is 42.5 Å². The van der Waals surface area contributed by atoms with Crippen LogP contribution in [0.4, 0.5) is 11.4 Å². The Morgan fingerprint density at radius 1 is 1.06 bits per heavy atom. The molecule has 1 fully saturated rings. The first-order valence-electron chi connectivity index (χ1n) is 10.8. The molecular weight excluding hydrogens is 410 g/mol. The van der Waals surface area contributed by atoms with Crippen LogP contribution in [0.3, 0.4) is 0 Å². The molecule has 1 saturated heterocycles. The molecule has 5 rings (SSSR count). The van der Waals surface area contributed by atoms with Crippen molar-refractivity contribution in [1.29, 1.82) is 0 Å². The highest BCUT2D eigenvalue weighted by molar-refractivity contribution is 6.07. The van der Waals surface area contributed by atoms with Gasteiger partial charge in [-0.1, -0.05) is 6.07 Å². The van der Waals surface area contributed by atoms with E-state index in [9.17, 15) is 14.4 Å². The lowest BCUT2D eigenvalue weighted by molar-refractivity contribution is -0.121. The first kappa shape index (κ1) is 20.4. The molecule has 0 radical (unpaired) electrons. The van der Waals surface area contributed by atoms with Crippen LogP contribution in [0, 0.1) is 5.92 Å². The lowest BCUT2D eigenvalue weighted by Crippen LogP contribution is -2.41. The van der Waals surface area contributed by atoms with Crippen molar-refractivity contribution in [2.45, 2.75) is 32.1 Å². The number of likely N-dealkylation sites (tertiary alicyclic amines) is 1. The van der Waals surface area contributed by atoms with Gasteiger partial charge in [0, 0.05) is 42.0 Å². The van der Waals surface area contributed by atoms with Gasteiger partial charge in [-0.25, -0.2) is 0 Å². The van der Waals surface area contributed by atoms with Gasteiger partial charge >= 0.3 is 0 Å². The number of amides is 3. The van der Waals surface area contributed by atoms with Crippen molar-refractivity contribution in [3.05, 3.63) is 47.5 Å². The van der Waals surface area contributed by atoms with Crippen molar-refractivity contribution < 1.29 is 23.9 Å². The van der Waals surface area contributed by atoms with Gasteiger partial charge < -0.3 is 25.0 Å². The maximum Gasteiger partial charge on any atom is 0.253 e. The Hall–Kier alpha value is -3.55. The minimum absolute atomic E-state index is 0.0570. The van der Waals surface area contributed by atoms with E-state index in [1.807, 2.05) is 19.9 Å². The van der Waals surface area contributed by atoms with Crippen molar-refractivity contribution in [2.75, 3.05) is 30.5 Å². The number of nitrogens with one attached hydrogen (secondary N) is 2. The number of hydrogen-bond donors (Lipinski definition) is 2. The van der Waals surface area contributed by atoms with Gasteiger partial charge in [0.2, 0.25) is 18.6 Å². The van der Waals surface area contributed by atoms with Crippen LogP contribution in [0.5, 0.6) is 11.5 Å². The molecule has 3 aliphatic rings. The Bertz CT molecular complexity index is 1120. The number of rotatable bonds is 3. The Morgan fingerprint density at radius 2 is 1.81 bits per heavy atom. The number of carbonyl (C=O) groups excluding carboxylic acids is 3. The smallest absolute Gasteiger partial charge is 0.253 e. The lowest BCUT2D eigenvalue weighted by Gasteiger charge is -2.31. The summed E-state index contributed by atoms with van der Waals surface area (Å²) in [7, 11) is 0. The number of nitrogens with zero attached hydrogens (tertiary/aromatic N) is 1. The largest absolute Gasteiger partial charge is 0.454 e. The molecule has 0 atom stereocenters. The number of carbonyl (C=O) groups is 3. The van der Waals surface area contributed by atoms with E-state index in [0.717, 1.165) is 5.56 Å². The van der Waals surface area contributed by atoms with Crippen LogP contribution in [0.1, 0.15) is 42.6 Å². The molecule has 0 aliphatic carbocycles. The molecule has 0 saturated carbocycles. The van der Waals surface area contributed by atoms with Gasteiger partial charge in [0.15, 0.2) is 11.5 Å². The second-order valence-electron chi connectivity index (χ2n) is 8.96. The molecule has 0 unspecified atom stereocenters. The third kappa shape index (κ3) is 3.45. The van der Waals surface area contributed by atoms with Gasteiger partial charge in [-0.2, -0.15) is 0 Å².